The highest BCUT2D eigenvalue weighted by atomic mass is 19.1. The average Bonchev–Trinajstić information content (AvgIpc) is 2.81. The molecule has 2 unspecified atom stereocenters. The Labute approximate surface area is 113 Å². The molecule has 108 valence electrons. The molecule has 1 aromatic carbocycles. The molecule has 1 heterocycles. The van der Waals surface area contributed by atoms with Crippen molar-refractivity contribution < 1.29 is 28.6 Å². The molecule has 0 bridgehead atoms. The molecule has 1 aliphatic heterocycles. The Morgan fingerprint density at radius 2 is 2.00 bits per heavy atom. The van der Waals surface area contributed by atoms with Crippen LogP contribution in [0.4, 0.5) is 8.78 Å². The van der Waals surface area contributed by atoms with Gasteiger partial charge in [-0.1, -0.05) is 6.07 Å². The van der Waals surface area contributed by atoms with E-state index in [1.807, 2.05) is 0 Å². The Balaban J connectivity index is 2.41. The van der Waals surface area contributed by atoms with Crippen LogP contribution in [0.3, 0.4) is 0 Å². The first-order valence-electron chi connectivity index (χ1n) is 6.08. The Kier molecular flexibility index (Phi) is 3.99. The van der Waals surface area contributed by atoms with Crippen molar-refractivity contribution in [3.63, 3.8) is 0 Å². The minimum absolute atomic E-state index is 0.230. The molecule has 2 atom stereocenters. The van der Waals surface area contributed by atoms with Crippen LogP contribution in [-0.2, 0) is 9.59 Å². The Morgan fingerprint density at radius 1 is 1.30 bits per heavy atom. The number of carbonyl (C=O) groups is 2. The zero-order valence-corrected chi connectivity index (χ0v) is 10.4. The molecule has 2 rings (SSSR count). The minimum Gasteiger partial charge on any atom is -0.480 e. The molecule has 1 aromatic rings. The number of likely N-dealkylation sites (tertiary alicyclic amines) is 1. The first kappa shape index (κ1) is 14.4. The summed E-state index contributed by atoms with van der Waals surface area (Å²) in [5.41, 5.74) is -0.230. The zero-order chi connectivity index (χ0) is 14.9. The van der Waals surface area contributed by atoms with E-state index in [9.17, 15) is 23.5 Å². The molecule has 7 heteroatoms. The van der Waals surface area contributed by atoms with E-state index in [1.165, 1.54) is 4.90 Å². The molecule has 2 N–H and O–H groups in total. The van der Waals surface area contributed by atoms with Crippen molar-refractivity contribution in [2.75, 3.05) is 6.54 Å². The van der Waals surface area contributed by atoms with Gasteiger partial charge in [0.1, 0.15) is 23.7 Å². The molecule has 0 aliphatic carbocycles. The second-order valence-corrected chi connectivity index (χ2v) is 4.64. The third-order valence-corrected chi connectivity index (χ3v) is 3.40. The van der Waals surface area contributed by atoms with Crippen LogP contribution >= 0.6 is 0 Å². The Morgan fingerprint density at radius 3 is 2.55 bits per heavy atom. The third-order valence-electron chi connectivity index (χ3n) is 3.40. The molecule has 1 fully saturated rings. The standard InChI is InChI=1S/C13H13F2NO4/c14-7-3-4-8(9(15)6-7)11(13(19)20)16-5-1-2-10(16)12(17)18/h3-4,6,10-11H,1-2,5H2,(H,17,18)(H,19,20). The van der Waals surface area contributed by atoms with Gasteiger partial charge in [-0.2, -0.15) is 0 Å². The lowest BCUT2D eigenvalue weighted by molar-refractivity contribution is -0.149. The molecular formula is C13H13F2NO4. The maximum absolute atomic E-state index is 13.8. The van der Waals surface area contributed by atoms with E-state index in [4.69, 9.17) is 5.11 Å². The van der Waals surface area contributed by atoms with E-state index >= 15 is 0 Å². The van der Waals surface area contributed by atoms with E-state index < -0.39 is 35.7 Å². The second-order valence-electron chi connectivity index (χ2n) is 4.64. The summed E-state index contributed by atoms with van der Waals surface area (Å²) in [4.78, 5) is 23.7. The van der Waals surface area contributed by atoms with Gasteiger partial charge in [-0.05, 0) is 18.9 Å². The highest BCUT2D eigenvalue weighted by Gasteiger charge is 2.40. The van der Waals surface area contributed by atoms with Gasteiger partial charge >= 0.3 is 11.9 Å². The summed E-state index contributed by atoms with van der Waals surface area (Å²) in [6, 6.07) is 0.192. The summed E-state index contributed by atoms with van der Waals surface area (Å²) < 4.78 is 26.7. The molecule has 1 saturated heterocycles. The van der Waals surface area contributed by atoms with Crippen LogP contribution in [0.25, 0.3) is 0 Å². The number of aliphatic carboxylic acids is 2. The summed E-state index contributed by atoms with van der Waals surface area (Å²) in [5, 5.41) is 18.4. The van der Waals surface area contributed by atoms with E-state index in [-0.39, 0.29) is 12.1 Å². The van der Waals surface area contributed by atoms with Crippen molar-refractivity contribution in [1.29, 1.82) is 0 Å². The fourth-order valence-corrected chi connectivity index (χ4v) is 2.54. The van der Waals surface area contributed by atoms with E-state index in [0.29, 0.717) is 18.9 Å². The van der Waals surface area contributed by atoms with Gasteiger partial charge in [0.2, 0.25) is 0 Å². The van der Waals surface area contributed by atoms with Gasteiger partial charge in [0.15, 0.2) is 0 Å². The zero-order valence-electron chi connectivity index (χ0n) is 10.4. The molecule has 0 aromatic heterocycles. The monoisotopic (exact) mass is 285 g/mol. The summed E-state index contributed by atoms with van der Waals surface area (Å²) in [6.07, 6.45) is 0.825. The lowest BCUT2D eigenvalue weighted by Gasteiger charge is -2.28. The van der Waals surface area contributed by atoms with Crippen LogP contribution in [0.1, 0.15) is 24.4 Å². The molecule has 5 nitrogen and oxygen atoms in total. The van der Waals surface area contributed by atoms with Crippen LogP contribution in [-0.4, -0.2) is 39.6 Å². The van der Waals surface area contributed by atoms with Crippen molar-refractivity contribution in [2.45, 2.75) is 24.9 Å². The van der Waals surface area contributed by atoms with Crippen LogP contribution in [0.15, 0.2) is 18.2 Å². The van der Waals surface area contributed by atoms with Crippen LogP contribution in [0.5, 0.6) is 0 Å². The molecule has 1 aliphatic rings. The van der Waals surface area contributed by atoms with Gasteiger partial charge in [-0.15, -0.1) is 0 Å². The summed E-state index contributed by atoms with van der Waals surface area (Å²) >= 11 is 0. The van der Waals surface area contributed by atoms with Crippen molar-refractivity contribution in [2.24, 2.45) is 0 Å². The number of carboxylic acids is 2. The molecular weight excluding hydrogens is 272 g/mol. The smallest absolute Gasteiger partial charge is 0.325 e. The van der Waals surface area contributed by atoms with Crippen LogP contribution in [0, 0.1) is 11.6 Å². The highest BCUT2D eigenvalue weighted by molar-refractivity contribution is 5.79. The molecule has 0 radical (unpaired) electrons. The number of nitrogens with zero attached hydrogens (tertiary/aromatic N) is 1. The van der Waals surface area contributed by atoms with Crippen molar-refractivity contribution in [3.8, 4) is 0 Å². The number of halogens is 2. The van der Waals surface area contributed by atoms with Crippen LogP contribution < -0.4 is 0 Å². The van der Waals surface area contributed by atoms with Crippen LogP contribution in [0.2, 0.25) is 0 Å². The predicted molar refractivity (Wildman–Crippen MR) is 64.1 cm³/mol. The average molecular weight is 285 g/mol. The number of rotatable bonds is 4. The number of benzene rings is 1. The number of hydrogen-bond donors (Lipinski definition) is 2. The molecule has 0 saturated carbocycles. The van der Waals surface area contributed by atoms with Gasteiger partial charge in [0.25, 0.3) is 0 Å². The summed E-state index contributed by atoms with van der Waals surface area (Å²) in [6.45, 7) is 0.241. The van der Waals surface area contributed by atoms with Gasteiger partial charge in [0.05, 0.1) is 0 Å². The number of hydrogen-bond acceptors (Lipinski definition) is 3. The molecule has 0 amide bonds. The van der Waals surface area contributed by atoms with E-state index in [0.717, 1.165) is 12.1 Å². The predicted octanol–water partition coefficient (Wildman–Crippen LogP) is 1.64. The lowest BCUT2D eigenvalue weighted by atomic mass is 10.0. The third kappa shape index (κ3) is 2.62. The highest BCUT2D eigenvalue weighted by Crippen LogP contribution is 2.31. The Hall–Kier alpha value is -2.02. The van der Waals surface area contributed by atoms with E-state index in [1.54, 1.807) is 0 Å². The van der Waals surface area contributed by atoms with Crippen molar-refractivity contribution >= 4 is 11.9 Å². The van der Waals surface area contributed by atoms with Gasteiger partial charge in [-0.25, -0.2) is 8.78 Å². The molecule has 20 heavy (non-hydrogen) atoms. The number of carboxylic acid groups (broad SMARTS) is 2. The molecule has 0 spiro atoms. The maximum atomic E-state index is 13.8. The SMILES string of the molecule is O=C(O)C1CCCN1C(C(=O)O)c1ccc(F)cc1F. The van der Waals surface area contributed by atoms with Crippen molar-refractivity contribution in [3.05, 3.63) is 35.4 Å². The van der Waals surface area contributed by atoms with Gasteiger partial charge in [0, 0.05) is 18.2 Å². The van der Waals surface area contributed by atoms with Gasteiger partial charge < -0.3 is 10.2 Å². The van der Waals surface area contributed by atoms with Gasteiger partial charge in [-0.3, -0.25) is 14.5 Å². The van der Waals surface area contributed by atoms with E-state index in [2.05, 4.69) is 0 Å². The fraction of sp³-hybridized carbons (Fsp3) is 0.385. The Bertz CT molecular complexity index is 549. The normalized spacial score (nSPS) is 20.8. The quantitative estimate of drug-likeness (QED) is 0.879. The summed E-state index contributed by atoms with van der Waals surface area (Å²) in [5.74, 6) is -4.31. The fourth-order valence-electron chi connectivity index (χ4n) is 2.54. The van der Waals surface area contributed by atoms with Crippen molar-refractivity contribution in [1.82, 2.24) is 4.90 Å². The first-order chi connectivity index (χ1) is 9.41. The topological polar surface area (TPSA) is 77.8 Å². The lowest BCUT2D eigenvalue weighted by Crippen LogP contribution is -2.42. The second kappa shape index (κ2) is 5.54. The minimum atomic E-state index is -1.43. The maximum Gasteiger partial charge on any atom is 0.325 e. The largest absolute Gasteiger partial charge is 0.480 e. The summed E-state index contributed by atoms with van der Waals surface area (Å²) in [7, 11) is 0. The first-order valence-corrected chi connectivity index (χ1v) is 6.08.